The molecule has 0 amide bonds. The van der Waals surface area contributed by atoms with Crippen molar-refractivity contribution in [1.29, 1.82) is 0 Å². The Kier molecular flexibility index (Phi) is 22.6. The third kappa shape index (κ3) is 16.5. The molecule has 0 radical (unpaired) electrons. The highest BCUT2D eigenvalue weighted by Gasteiger charge is 2.41. The molecule has 0 heterocycles. The third-order valence-electron chi connectivity index (χ3n) is 6.53. The van der Waals surface area contributed by atoms with Crippen molar-refractivity contribution in [3.05, 3.63) is 0 Å². The van der Waals surface area contributed by atoms with Gasteiger partial charge in [-0.3, -0.25) is 0 Å². The average molecular weight is 457 g/mol. The van der Waals surface area contributed by atoms with Crippen LogP contribution in [0.5, 0.6) is 0 Å². The van der Waals surface area contributed by atoms with Gasteiger partial charge in [0.25, 0.3) is 5.97 Å². The highest BCUT2D eigenvalue weighted by atomic mass is 16.9. The van der Waals surface area contributed by atoms with E-state index in [4.69, 9.17) is 14.2 Å². The summed E-state index contributed by atoms with van der Waals surface area (Å²) in [4.78, 5) is 0. The van der Waals surface area contributed by atoms with Crippen LogP contribution in [0.2, 0.25) is 0 Å². The van der Waals surface area contributed by atoms with Gasteiger partial charge in [0.15, 0.2) is 0 Å². The number of rotatable bonds is 25. The standard InChI is InChI=1S/C29H60O3/c1-7-11-12-13-19-22-25-28(29(30-8-2,31-9-3)32-10-4)26-23-20-17-15-14-16-18-21-24-27(5)6/h27-28H,7-26H2,1-6H3. The van der Waals surface area contributed by atoms with Gasteiger partial charge in [0, 0.05) is 25.7 Å². The van der Waals surface area contributed by atoms with Crippen LogP contribution in [0.3, 0.4) is 0 Å². The molecule has 0 N–H and O–H groups in total. The number of hydrogen-bond acceptors (Lipinski definition) is 3. The third-order valence-corrected chi connectivity index (χ3v) is 6.53. The molecule has 0 rings (SSSR count). The highest BCUT2D eigenvalue weighted by molar-refractivity contribution is 4.73. The highest BCUT2D eigenvalue weighted by Crippen LogP contribution is 2.34. The summed E-state index contributed by atoms with van der Waals surface area (Å²) in [5.74, 6) is 0.332. The smallest absolute Gasteiger partial charge is 0.285 e. The Hall–Kier alpha value is -0.120. The van der Waals surface area contributed by atoms with Crippen LogP contribution in [-0.4, -0.2) is 25.8 Å². The molecule has 1 unspecified atom stereocenters. The molecule has 0 saturated heterocycles. The molecule has 0 aromatic rings. The second-order valence-corrected chi connectivity index (χ2v) is 9.96. The zero-order valence-corrected chi connectivity index (χ0v) is 23.0. The molecule has 0 fully saturated rings. The molecular weight excluding hydrogens is 396 g/mol. The van der Waals surface area contributed by atoms with Crippen molar-refractivity contribution in [2.75, 3.05) is 19.8 Å². The molecule has 0 aliphatic rings. The predicted molar refractivity (Wildman–Crippen MR) is 140 cm³/mol. The summed E-state index contributed by atoms with van der Waals surface area (Å²) in [6.45, 7) is 15.0. The van der Waals surface area contributed by atoms with Gasteiger partial charge in [0.05, 0.1) is 0 Å². The van der Waals surface area contributed by atoms with E-state index in [9.17, 15) is 0 Å². The fraction of sp³-hybridized carbons (Fsp3) is 1.00. The summed E-state index contributed by atoms with van der Waals surface area (Å²) >= 11 is 0. The van der Waals surface area contributed by atoms with E-state index in [1.807, 2.05) is 0 Å². The van der Waals surface area contributed by atoms with Gasteiger partial charge in [-0.25, -0.2) is 0 Å². The molecule has 0 spiro atoms. The van der Waals surface area contributed by atoms with Crippen LogP contribution in [0.4, 0.5) is 0 Å². The number of hydrogen-bond donors (Lipinski definition) is 0. The molecule has 0 aromatic carbocycles. The fourth-order valence-corrected chi connectivity index (χ4v) is 4.76. The normalized spacial score (nSPS) is 13.2. The maximum atomic E-state index is 6.17. The van der Waals surface area contributed by atoms with Gasteiger partial charge in [-0.05, 0) is 39.5 Å². The number of unbranched alkanes of at least 4 members (excludes halogenated alkanes) is 12. The van der Waals surface area contributed by atoms with Crippen molar-refractivity contribution >= 4 is 0 Å². The van der Waals surface area contributed by atoms with Crippen LogP contribution in [0.1, 0.15) is 151 Å². The molecule has 1 atom stereocenters. The van der Waals surface area contributed by atoms with Gasteiger partial charge < -0.3 is 14.2 Å². The molecule has 0 bridgehead atoms. The monoisotopic (exact) mass is 456 g/mol. The minimum atomic E-state index is -0.849. The SMILES string of the molecule is CCCCCCCCC(CCCCCCCCCCC(C)C)C(OCC)(OCC)OCC. The van der Waals surface area contributed by atoms with Crippen molar-refractivity contribution in [1.82, 2.24) is 0 Å². The quantitative estimate of drug-likeness (QED) is 0.101. The first-order chi connectivity index (χ1) is 15.6. The molecule has 0 aliphatic carbocycles. The van der Waals surface area contributed by atoms with Crippen molar-refractivity contribution in [3.8, 4) is 0 Å². The number of ether oxygens (including phenoxy) is 3. The Morgan fingerprint density at radius 2 is 0.812 bits per heavy atom. The van der Waals surface area contributed by atoms with Gasteiger partial charge in [-0.15, -0.1) is 0 Å². The van der Waals surface area contributed by atoms with Crippen LogP contribution < -0.4 is 0 Å². The molecule has 194 valence electrons. The van der Waals surface area contributed by atoms with E-state index in [0.29, 0.717) is 25.7 Å². The van der Waals surface area contributed by atoms with E-state index in [1.54, 1.807) is 0 Å². The minimum absolute atomic E-state index is 0.324. The Morgan fingerprint density at radius 3 is 1.16 bits per heavy atom. The zero-order valence-electron chi connectivity index (χ0n) is 23.0. The van der Waals surface area contributed by atoms with E-state index in [2.05, 4.69) is 41.5 Å². The fourth-order valence-electron chi connectivity index (χ4n) is 4.76. The van der Waals surface area contributed by atoms with Gasteiger partial charge >= 0.3 is 0 Å². The second kappa shape index (κ2) is 22.7. The average Bonchev–Trinajstić information content (AvgIpc) is 2.76. The van der Waals surface area contributed by atoms with E-state index in [-0.39, 0.29) is 0 Å². The predicted octanol–water partition coefficient (Wildman–Crippen LogP) is 9.67. The van der Waals surface area contributed by atoms with E-state index in [1.165, 1.54) is 96.3 Å². The second-order valence-electron chi connectivity index (χ2n) is 9.96. The van der Waals surface area contributed by atoms with Crippen LogP contribution in [0.25, 0.3) is 0 Å². The maximum absolute atomic E-state index is 6.17. The molecule has 0 aromatic heterocycles. The van der Waals surface area contributed by atoms with E-state index >= 15 is 0 Å². The minimum Gasteiger partial charge on any atom is -0.328 e. The molecule has 3 heteroatoms. The lowest BCUT2D eigenvalue weighted by Crippen LogP contribution is -2.46. The summed E-state index contributed by atoms with van der Waals surface area (Å²) in [6.07, 6.45) is 22.6. The van der Waals surface area contributed by atoms with Gasteiger partial charge in [-0.2, -0.15) is 0 Å². The molecule has 0 aliphatic heterocycles. The van der Waals surface area contributed by atoms with E-state index < -0.39 is 5.97 Å². The van der Waals surface area contributed by atoms with Crippen molar-refractivity contribution in [2.45, 2.75) is 157 Å². The van der Waals surface area contributed by atoms with Crippen LogP contribution in [0.15, 0.2) is 0 Å². The summed E-state index contributed by atoms with van der Waals surface area (Å²) < 4.78 is 18.5. The molecule has 32 heavy (non-hydrogen) atoms. The molecule has 3 nitrogen and oxygen atoms in total. The Morgan fingerprint density at radius 1 is 0.469 bits per heavy atom. The van der Waals surface area contributed by atoms with Gasteiger partial charge in [0.1, 0.15) is 0 Å². The van der Waals surface area contributed by atoms with Gasteiger partial charge in [0.2, 0.25) is 0 Å². The van der Waals surface area contributed by atoms with Crippen molar-refractivity contribution in [3.63, 3.8) is 0 Å². The largest absolute Gasteiger partial charge is 0.328 e. The summed E-state index contributed by atoms with van der Waals surface area (Å²) in [6, 6.07) is 0. The maximum Gasteiger partial charge on any atom is 0.285 e. The zero-order chi connectivity index (χ0) is 23.9. The van der Waals surface area contributed by atoms with Crippen molar-refractivity contribution in [2.24, 2.45) is 11.8 Å². The Bertz CT molecular complexity index is 352. The van der Waals surface area contributed by atoms with Crippen LogP contribution in [-0.2, 0) is 14.2 Å². The molecular formula is C29H60O3. The van der Waals surface area contributed by atoms with Crippen LogP contribution >= 0.6 is 0 Å². The lowest BCUT2D eigenvalue weighted by atomic mass is 9.91. The first kappa shape index (κ1) is 31.9. The Labute approximate surface area is 202 Å². The van der Waals surface area contributed by atoms with Crippen molar-refractivity contribution < 1.29 is 14.2 Å². The summed E-state index contributed by atoms with van der Waals surface area (Å²) in [5.41, 5.74) is 0. The first-order valence-electron chi connectivity index (χ1n) is 14.5. The van der Waals surface area contributed by atoms with Crippen LogP contribution in [0, 0.1) is 11.8 Å². The van der Waals surface area contributed by atoms with E-state index in [0.717, 1.165) is 18.8 Å². The lowest BCUT2D eigenvalue weighted by molar-refractivity contribution is -0.403. The summed E-state index contributed by atoms with van der Waals surface area (Å²) in [7, 11) is 0. The first-order valence-corrected chi connectivity index (χ1v) is 14.5. The topological polar surface area (TPSA) is 27.7 Å². The Balaban J connectivity index is 4.47. The summed E-state index contributed by atoms with van der Waals surface area (Å²) in [5, 5.41) is 0. The molecule has 0 saturated carbocycles. The lowest BCUT2D eigenvalue weighted by Gasteiger charge is -2.39. The van der Waals surface area contributed by atoms with Gasteiger partial charge in [-0.1, -0.05) is 117 Å².